The molecule has 0 spiro atoms. The molecule has 4 amide bonds. The van der Waals surface area contributed by atoms with Crippen LogP contribution in [0.1, 0.15) is 40.3 Å². The van der Waals surface area contributed by atoms with Gasteiger partial charge in [-0.2, -0.15) is 9.99 Å². The zero-order valence-corrected chi connectivity index (χ0v) is 28.3. The van der Waals surface area contributed by atoms with E-state index in [0.29, 0.717) is 80.3 Å². The molecule has 6 rings (SSSR count). The fourth-order valence-electron chi connectivity index (χ4n) is 5.94. The van der Waals surface area contributed by atoms with Gasteiger partial charge in [0.15, 0.2) is 5.69 Å². The predicted molar refractivity (Wildman–Crippen MR) is 176 cm³/mol. The molecule has 0 bridgehead atoms. The minimum atomic E-state index is -0.694. The number of methoxy groups -OCH3 is 2. The molecule has 2 saturated heterocycles. The number of H-pyrrole nitrogens is 1. The average molecular weight is 702 g/mol. The van der Waals surface area contributed by atoms with E-state index in [1.807, 2.05) is 6.07 Å². The number of ketones is 2. The summed E-state index contributed by atoms with van der Waals surface area (Å²) in [5, 5.41) is 19.1. The van der Waals surface area contributed by atoms with Crippen LogP contribution >= 0.6 is 0 Å². The minimum Gasteiger partial charge on any atom is -0.494 e. The van der Waals surface area contributed by atoms with E-state index in [4.69, 9.17) is 14.7 Å². The molecule has 0 atom stereocenters. The molecule has 18 nitrogen and oxygen atoms in total. The standard InChI is InChI=1S/C17H17N5O4.C16H18N4O5/c1-10(23)21-3-5-22(6-4-21)17(25)16(24)11-8-20-15-12(7-18)19-9-13(26-2)14(11)15;1-10(21)18-3-5-19(6-4-18)16(23)15(22)11-7-17-12-8-20(24)9-13(25-2)14(11)12/h8-9,20H,3-6H2,1-2H3;7-9,24H,3-6H2,1-2H3. The van der Waals surface area contributed by atoms with Crippen molar-refractivity contribution in [2.24, 2.45) is 0 Å². The topological polar surface area (TPSA) is 224 Å². The number of carbonyl (C=O) groups excluding carboxylic acids is 6. The van der Waals surface area contributed by atoms with Crippen LogP contribution in [0, 0.1) is 11.3 Å². The normalized spacial score (nSPS) is 14.4. The van der Waals surface area contributed by atoms with Gasteiger partial charge >= 0.3 is 0 Å². The second-order valence-electron chi connectivity index (χ2n) is 11.6. The summed E-state index contributed by atoms with van der Waals surface area (Å²) in [6.07, 6.45) is 6.66. The highest BCUT2D eigenvalue weighted by atomic mass is 16.5. The van der Waals surface area contributed by atoms with E-state index in [0.717, 1.165) is 4.73 Å². The molecule has 2 N–H and O–H groups in total. The molecule has 2 aromatic heterocycles. The lowest BCUT2D eigenvalue weighted by atomic mass is 10.0. The van der Waals surface area contributed by atoms with Crippen molar-refractivity contribution in [3.8, 4) is 28.8 Å². The van der Waals surface area contributed by atoms with E-state index in [9.17, 15) is 34.0 Å². The van der Waals surface area contributed by atoms with Gasteiger partial charge in [0.1, 0.15) is 17.6 Å². The van der Waals surface area contributed by atoms with E-state index in [2.05, 4.69) is 15.0 Å². The smallest absolute Gasteiger partial charge is 0.295 e. The lowest BCUT2D eigenvalue weighted by Crippen LogP contribution is -2.51. The van der Waals surface area contributed by atoms with Crippen LogP contribution in [-0.4, -0.2) is 146 Å². The van der Waals surface area contributed by atoms with Crippen molar-refractivity contribution in [2.45, 2.75) is 13.8 Å². The third-order valence-corrected chi connectivity index (χ3v) is 8.73. The van der Waals surface area contributed by atoms with Gasteiger partial charge < -0.3 is 39.3 Å². The van der Waals surface area contributed by atoms with Crippen molar-refractivity contribution in [3.63, 3.8) is 0 Å². The number of fused-ring (bicyclic) bond motifs is 2. The molecule has 51 heavy (non-hydrogen) atoms. The Hall–Kier alpha value is -6.51. The van der Waals surface area contributed by atoms with Crippen LogP contribution in [0.5, 0.6) is 11.5 Å². The molecule has 2 fully saturated rings. The van der Waals surface area contributed by atoms with Gasteiger partial charge in [-0.25, -0.2) is 4.98 Å². The molecule has 266 valence electrons. The lowest BCUT2D eigenvalue weighted by molar-refractivity contribution is -0.135. The molecule has 18 heteroatoms. The maximum atomic E-state index is 12.8. The number of aromatic nitrogens is 4. The zero-order chi connectivity index (χ0) is 37.0. The monoisotopic (exact) mass is 701 g/mol. The van der Waals surface area contributed by atoms with Crippen LogP contribution in [0.2, 0.25) is 0 Å². The van der Waals surface area contributed by atoms with E-state index in [1.165, 1.54) is 68.9 Å². The van der Waals surface area contributed by atoms with Crippen molar-refractivity contribution in [1.29, 1.82) is 5.26 Å². The van der Waals surface area contributed by atoms with Crippen molar-refractivity contribution in [3.05, 3.63) is 47.8 Å². The van der Waals surface area contributed by atoms with E-state index in [1.54, 1.807) is 9.80 Å². The van der Waals surface area contributed by atoms with Crippen LogP contribution < -0.4 is 9.47 Å². The first-order valence-corrected chi connectivity index (χ1v) is 15.8. The maximum Gasteiger partial charge on any atom is 0.295 e. The summed E-state index contributed by atoms with van der Waals surface area (Å²) < 4.78 is 11.2. The molecule has 2 aromatic rings. The van der Waals surface area contributed by atoms with Crippen LogP contribution in [0.3, 0.4) is 0 Å². The second-order valence-corrected chi connectivity index (χ2v) is 11.6. The van der Waals surface area contributed by atoms with Crippen molar-refractivity contribution in [1.82, 2.24) is 39.3 Å². The fraction of sp³-hybridized carbons (Fsp3) is 0.364. The molecule has 4 aliphatic heterocycles. The predicted octanol–water partition coefficient (Wildman–Crippen LogP) is 0.424. The fourth-order valence-corrected chi connectivity index (χ4v) is 5.94. The summed E-state index contributed by atoms with van der Waals surface area (Å²) in [5.74, 6) is -2.22. The SMILES string of the molecule is COc1cn(O)cc2ncc(C(=O)C(=O)N3CCN(C(C)=O)CC3)c1-2.COc1cnc(C#N)c2[nH]cc(C(=O)C(=O)N3CCN(C(C)=O)CC3)c12. The molecular formula is C33H35N9O9. The molecular weight excluding hydrogens is 666 g/mol. The third kappa shape index (κ3) is 7.13. The number of rotatable bonds is 6. The number of ether oxygens (including phenoxy) is 2. The number of nitrogens with zero attached hydrogens (tertiary/aromatic N) is 8. The van der Waals surface area contributed by atoms with Gasteiger partial charge in [-0.3, -0.25) is 33.8 Å². The maximum absolute atomic E-state index is 12.8. The van der Waals surface area contributed by atoms with Crippen molar-refractivity contribution < 1.29 is 43.4 Å². The molecule has 0 radical (unpaired) electrons. The molecule has 6 heterocycles. The Morgan fingerprint density at radius 3 is 1.75 bits per heavy atom. The van der Waals surface area contributed by atoms with Gasteiger partial charge in [0.25, 0.3) is 23.4 Å². The molecule has 0 aliphatic carbocycles. The van der Waals surface area contributed by atoms with Crippen LogP contribution in [-0.2, 0) is 19.2 Å². The Balaban J connectivity index is 0.000000198. The van der Waals surface area contributed by atoms with Crippen LogP contribution in [0.25, 0.3) is 22.2 Å². The Bertz CT molecular complexity index is 2030. The summed E-state index contributed by atoms with van der Waals surface area (Å²) in [4.78, 5) is 90.3. The first-order valence-electron chi connectivity index (χ1n) is 15.8. The van der Waals surface area contributed by atoms with Crippen LogP contribution in [0.4, 0.5) is 0 Å². The van der Waals surface area contributed by atoms with E-state index >= 15 is 0 Å². The van der Waals surface area contributed by atoms with Gasteiger partial charge in [-0.15, -0.1) is 0 Å². The lowest BCUT2D eigenvalue weighted by Gasteiger charge is -2.33. The van der Waals surface area contributed by atoms with Gasteiger partial charge in [0.2, 0.25) is 11.8 Å². The summed E-state index contributed by atoms with van der Waals surface area (Å²) in [6, 6.07) is 1.94. The number of hydrogen-bond donors (Lipinski definition) is 2. The molecule has 0 aromatic carbocycles. The van der Waals surface area contributed by atoms with E-state index < -0.39 is 23.4 Å². The highest BCUT2D eigenvalue weighted by Crippen LogP contribution is 2.35. The summed E-state index contributed by atoms with van der Waals surface area (Å²) in [7, 11) is 2.82. The number of carbonyl (C=O) groups is 6. The Kier molecular flexibility index (Phi) is 10.5. The number of aromatic amines is 1. The van der Waals surface area contributed by atoms with Gasteiger partial charge in [0, 0.05) is 78.6 Å². The number of amides is 4. The van der Waals surface area contributed by atoms with Gasteiger partial charge in [0.05, 0.1) is 66.1 Å². The third-order valence-electron chi connectivity index (χ3n) is 8.73. The van der Waals surface area contributed by atoms with E-state index in [-0.39, 0.29) is 34.4 Å². The van der Waals surface area contributed by atoms with Gasteiger partial charge in [-0.05, 0) is 0 Å². The Morgan fingerprint density at radius 1 is 0.745 bits per heavy atom. The number of piperazine rings is 2. The number of hydrogen-bond acceptors (Lipinski definition) is 12. The summed E-state index contributed by atoms with van der Waals surface area (Å²) in [6.45, 7) is 5.77. The average Bonchev–Trinajstić information content (AvgIpc) is 3.78. The first kappa shape index (κ1) is 35.8. The Labute approximate surface area is 291 Å². The van der Waals surface area contributed by atoms with Crippen molar-refractivity contribution >= 4 is 46.1 Å². The largest absolute Gasteiger partial charge is 0.494 e. The molecule has 0 saturated carbocycles. The van der Waals surface area contributed by atoms with Crippen molar-refractivity contribution in [2.75, 3.05) is 66.6 Å². The minimum absolute atomic E-state index is 0.0494. The number of nitriles is 1. The first-order chi connectivity index (χ1) is 24.4. The molecule has 0 unspecified atom stereocenters. The quantitative estimate of drug-likeness (QED) is 0.159. The number of pyridine rings is 2. The number of Topliss-reactive ketones (excluding diaryl/α,β-unsaturated/α-hetero) is 2. The highest BCUT2D eigenvalue weighted by molar-refractivity contribution is 6.45. The highest BCUT2D eigenvalue weighted by Gasteiger charge is 2.33. The van der Waals surface area contributed by atoms with Crippen LogP contribution in [0.15, 0.2) is 31.0 Å². The molecule has 4 aliphatic rings. The Morgan fingerprint density at radius 2 is 1.25 bits per heavy atom. The summed E-state index contributed by atoms with van der Waals surface area (Å²) in [5.41, 5.74) is 1.46. The number of nitrogens with one attached hydrogen (secondary N) is 1. The zero-order valence-electron chi connectivity index (χ0n) is 28.3. The summed E-state index contributed by atoms with van der Waals surface area (Å²) >= 11 is 0. The van der Waals surface area contributed by atoms with Gasteiger partial charge in [-0.1, -0.05) is 0 Å². The second kappa shape index (κ2) is 14.9.